The third-order valence-electron chi connectivity index (χ3n) is 8.64. The number of hydrogen-bond acceptors (Lipinski definition) is 8. The molecule has 226 valence electrons. The van der Waals surface area contributed by atoms with Gasteiger partial charge in [-0.3, -0.25) is 14.2 Å². The predicted molar refractivity (Wildman–Crippen MR) is 181 cm³/mol. The predicted octanol–water partition coefficient (Wildman–Crippen LogP) is 2.12. The molecular formula is C30H36IN10NaO2. The molecule has 2 aliphatic carbocycles. The van der Waals surface area contributed by atoms with Gasteiger partial charge >= 0.3 is 29.6 Å². The molecule has 0 spiro atoms. The van der Waals surface area contributed by atoms with E-state index in [0.29, 0.717) is 12.1 Å². The second kappa shape index (κ2) is 13.5. The minimum absolute atomic E-state index is 0. The number of aromatic nitrogens is 8. The van der Waals surface area contributed by atoms with Gasteiger partial charge in [0.15, 0.2) is 0 Å². The van der Waals surface area contributed by atoms with Crippen LogP contribution in [0.15, 0.2) is 46.2 Å². The maximum Gasteiger partial charge on any atom is 1.00 e. The summed E-state index contributed by atoms with van der Waals surface area (Å²) in [7, 11) is 1.81. The van der Waals surface area contributed by atoms with Gasteiger partial charge in [0.2, 0.25) is 17.5 Å². The van der Waals surface area contributed by atoms with E-state index in [1.165, 1.54) is 31.7 Å². The largest absolute Gasteiger partial charge is 1.00 e. The van der Waals surface area contributed by atoms with Crippen molar-refractivity contribution in [1.82, 2.24) is 38.6 Å². The van der Waals surface area contributed by atoms with Crippen LogP contribution in [-0.2, 0) is 7.05 Å². The van der Waals surface area contributed by atoms with E-state index in [1.807, 2.05) is 24.1 Å². The summed E-state index contributed by atoms with van der Waals surface area (Å²) in [5.74, 6) is 0.538. The summed E-state index contributed by atoms with van der Waals surface area (Å²) in [4.78, 5) is 45.6. The average molecular weight is 719 g/mol. The van der Waals surface area contributed by atoms with Crippen molar-refractivity contribution >= 4 is 78.6 Å². The first-order valence-corrected chi connectivity index (χ1v) is 16.7. The normalized spacial score (nSPS) is 15.3. The van der Waals surface area contributed by atoms with E-state index in [2.05, 4.69) is 56.6 Å². The second-order valence-corrected chi connectivity index (χ2v) is 11.1. The maximum absolute atomic E-state index is 12.0. The molecule has 6 aromatic rings. The Bertz CT molecular complexity index is 2080. The molecule has 0 aromatic carbocycles. The fourth-order valence-electron chi connectivity index (χ4n) is 6.75. The number of halogens is 1. The first-order chi connectivity index (χ1) is 20.9. The van der Waals surface area contributed by atoms with Crippen molar-refractivity contribution in [2.45, 2.75) is 63.5 Å². The van der Waals surface area contributed by atoms with Crippen molar-refractivity contribution in [2.75, 3.05) is 16.4 Å². The van der Waals surface area contributed by atoms with Crippen molar-refractivity contribution in [3.05, 3.63) is 57.4 Å². The van der Waals surface area contributed by atoms with Gasteiger partial charge in [0, 0.05) is 65.2 Å². The van der Waals surface area contributed by atoms with Crippen LogP contribution in [-0.4, -0.2) is 43.6 Å². The summed E-state index contributed by atoms with van der Waals surface area (Å²) in [6, 6.07) is 7.59. The number of pyridine rings is 2. The van der Waals surface area contributed by atoms with Gasteiger partial charge in [0.25, 0.3) is 5.56 Å². The standard InChI is InChI=1S/C15H17N5O.C14H15N5O.CH3I.Na.H/c1-19-12(21)7-6-10-11-8-17-15(16)18-13(11)20(14(10)19)9-4-2-3-5-9;15-14-16-7-10-9-5-6-11(20)17-12(9)19(13(10)18-14)8-3-1-2-4-8;1-2;;/h6-9H,2-5H2,1H3,(H2,16,17,18);5-8H,1-4H2,(H,17,20)(H2,15,16,18);1H3;;/q;;;+1;-1. The molecule has 2 fully saturated rings. The molecule has 2 saturated carbocycles. The summed E-state index contributed by atoms with van der Waals surface area (Å²) in [6.07, 6.45) is 12.8. The zero-order valence-corrected chi connectivity index (χ0v) is 29.4. The summed E-state index contributed by atoms with van der Waals surface area (Å²) in [6.45, 7) is 0. The van der Waals surface area contributed by atoms with Gasteiger partial charge in [-0.15, -0.1) is 0 Å². The number of fused-ring (bicyclic) bond motifs is 6. The molecule has 0 unspecified atom stereocenters. The van der Waals surface area contributed by atoms with Crippen LogP contribution >= 0.6 is 22.6 Å². The SMILES string of the molecule is CI.Cn1c(=O)ccc2c3cnc(N)nc3n(C3CCCC3)c21.Nc1ncc2c3ccc(=O)[nH]c3n(C3CCCC3)c2n1.[H-].[Na+]. The molecule has 14 heteroatoms. The number of nitrogens with two attached hydrogens (primary N) is 2. The van der Waals surface area contributed by atoms with E-state index >= 15 is 0 Å². The number of nitrogens with one attached hydrogen (secondary N) is 1. The molecule has 2 aliphatic rings. The summed E-state index contributed by atoms with van der Waals surface area (Å²) in [5.41, 5.74) is 14.8. The van der Waals surface area contributed by atoms with Crippen LogP contribution in [0.1, 0.15) is 64.9 Å². The molecule has 0 aliphatic heterocycles. The molecule has 0 bridgehead atoms. The number of aromatic amines is 1. The number of aryl methyl sites for hydroxylation is 1. The van der Waals surface area contributed by atoms with Crippen LogP contribution in [0.25, 0.3) is 44.1 Å². The number of H-pyrrole nitrogens is 1. The maximum atomic E-state index is 12.0. The van der Waals surface area contributed by atoms with Crippen LogP contribution in [0.3, 0.4) is 0 Å². The first-order valence-electron chi connectivity index (χ1n) is 14.6. The molecular weight excluding hydrogens is 682 g/mol. The van der Waals surface area contributed by atoms with Crippen molar-refractivity contribution in [1.29, 1.82) is 0 Å². The summed E-state index contributed by atoms with van der Waals surface area (Å²) in [5, 5.41) is 3.89. The molecule has 0 atom stereocenters. The van der Waals surface area contributed by atoms with Crippen molar-refractivity contribution in [2.24, 2.45) is 7.05 Å². The second-order valence-electron chi connectivity index (χ2n) is 11.1. The minimum atomic E-state index is -0.0968. The van der Waals surface area contributed by atoms with Gasteiger partial charge in [-0.2, -0.15) is 9.97 Å². The van der Waals surface area contributed by atoms with Gasteiger partial charge in [-0.25, -0.2) is 9.97 Å². The van der Waals surface area contributed by atoms with E-state index in [9.17, 15) is 9.59 Å². The number of nitrogen functional groups attached to an aromatic ring is 2. The minimum Gasteiger partial charge on any atom is -1.00 e. The quantitative estimate of drug-likeness (QED) is 0.139. The van der Waals surface area contributed by atoms with E-state index in [-0.39, 0.29) is 54.0 Å². The zero-order chi connectivity index (χ0) is 30.2. The molecule has 6 aromatic heterocycles. The Labute approximate surface area is 290 Å². The van der Waals surface area contributed by atoms with E-state index in [1.54, 1.807) is 23.0 Å². The molecule has 44 heavy (non-hydrogen) atoms. The molecule has 0 amide bonds. The fraction of sp³-hybridized carbons (Fsp3) is 0.400. The van der Waals surface area contributed by atoms with Gasteiger partial charge < -0.3 is 27.0 Å². The monoisotopic (exact) mass is 718 g/mol. The van der Waals surface area contributed by atoms with Crippen LogP contribution < -0.4 is 52.1 Å². The molecule has 12 nitrogen and oxygen atoms in total. The third-order valence-corrected chi connectivity index (χ3v) is 8.64. The Morgan fingerprint density at radius 3 is 1.86 bits per heavy atom. The topological polar surface area (TPSA) is 168 Å². The van der Waals surface area contributed by atoms with E-state index in [0.717, 1.165) is 69.8 Å². The zero-order valence-electron chi connectivity index (χ0n) is 26.3. The van der Waals surface area contributed by atoms with Gasteiger partial charge in [0.1, 0.15) is 22.6 Å². The van der Waals surface area contributed by atoms with Crippen LogP contribution in [0.2, 0.25) is 0 Å². The summed E-state index contributed by atoms with van der Waals surface area (Å²) >= 11 is 2.15. The van der Waals surface area contributed by atoms with Crippen LogP contribution in [0, 0.1) is 0 Å². The number of rotatable bonds is 2. The average Bonchev–Trinajstić information content (AvgIpc) is 3.81. The smallest absolute Gasteiger partial charge is 1.00 e. The van der Waals surface area contributed by atoms with Crippen LogP contribution in [0.5, 0.6) is 0 Å². The number of alkyl halides is 1. The van der Waals surface area contributed by atoms with Crippen LogP contribution in [0.4, 0.5) is 11.9 Å². The Morgan fingerprint density at radius 2 is 1.27 bits per heavy atom. The molecule has 5 N–H and O–H groups in total. The van der Waals surface area contributed by atoms with E-state index in [4.69, 9.17) is 11.5 Å². The first kappa shape index (κ1) is 32.4. The third kappa shape index (κ3) is 5.74. The molecule has 0 saturated heterocycles. The number of nitrogens with zero attached hydrogens (tertiary/aromatic N) is 7. The van der Waals surface area contributed by atoms with Crippen molar-refractivity contribution < 1.29 is 31.0 Å². The van der Waals surface area contributed by atoms with Crippen molar-refractivity contribution in [3.63, 3.8) is 0 Å². The Balaban J connectivity index is 0.000000187. The van der Waals surface area contributed by atoms with Gasteiger partial charge in [-0.1, -0.05) is 48.3 Å². The van der Waals surface area contributed by atoms with Crippen molar-refractivity contribution in [3.8, 4) is 0 Å². The Hall–Kier alpha value is -3.01. The molecule has 6 heterocycles. The van der Waals surface area contributed by atoms with E-state index < -0.39 is 0 Å². The Morgan fingerprint density at radius 1 is 0.773 bits per heavy atom. The number of hydrogen-bond donors (Lipinski definition) is 3. The fourth-order valence-corrected chi connectivity index (χ4v) is 6.75. The summed E-state index contributed by atoms with van der Waals surface area (Å²) < 4.78 is 6.03. The Kier molecular flexibility index (Phi) is 9.97. The molecule has 0 radical (unpaired) electrons. The molecule has 8 rings (SSSR count). The van der Waals surface area contributed by atoms with Gasteiger partial charge in [0.05, 0.1) is 0 Å². The van der Waals surface area contributed by atoms with Gasteiger partial charge in [-0.05, 0) is 42.7 Å². The number of anilines is 2.